The fourth-order valence-electron chi connectivity index (χ4n) is 4.26. The molecule has 2 heterocycles. The fourth-order valence-corrected chi connectivity index (χ4v) is 4.26. The summed E-state index contributed by atoms with van der Waals surface area (Å²) < 4.78 is 0. The van der Waals surface area contributed by atoms with Crippen molar-refractivity contribution in [2.45, 2.75) is 39.5 Å². The molecule has 0 unspecified atom stereocenters. The lowest BCUT2D eigenvalue weighted by Gasteiger charge is -2.36. The molecule has 1 amide bonds. The number of Topliss-reactive ketones (excluding diaryl/α,β-unsaturated/α-hetero) is 1. The Kier molecular flexibility index (Phi) is 5.16. The molecule has 4 rings (SSSR count). The first-order valence-electron chi connectivity index (χ1n) is 10.1. The Morgan fingerprint density at radius 2 is 1.87 bits per heavy atom. The van der Waals surface area contributed by atoms with Crippen LogP contribution in [0, 0.1) is 12.8 Å². The summed E-state index contributed by atoms with van der Waals surface area (Å²) in [6.07, 6.45) is 2.92. The van der Waals surface area contributed by atoms with Crippen molar-refractivity contribution in [3.63, 3.8) is 0 Å². The number of phenols is 1. The SMILES string of the molecule is CC1=C(C(=O)Nc2ccc(C)cn2)[C@@H](c2ccc(O)cc2)C2=C(C[C@H](C)CC2=O)N1. The fraction of sp³-hybridized carbons (Fsp3) is 0.292. The number of ketones is 1. The molecule has 6 heteroatoms. The van der Waals surface area contributed by atoms with Crippen LogP contribution in [-0.2, 0) is 9.59 Å². The number of anilines is 1. The molecule has 0 bridgehead atoms. The van der Waals surface area contributed by atoms with Gasteiger partial charge >= 0.3 is 0 Å². The van der Waals surface area contributed by atoms with Crippen molar-refractivity contribution >= 4 is 17.5 Å². The van der Waals surface area contributed by atoms with Crippen LogP contribution in [0.4, 0.5) is 5.82 Å². The van der Waals surface area contributed by atoms with Crippen molar-refractivity contribution in [3.8, 4) is 5.75 Å². The van der Waals surface area contributed by atoms with Crippen LogP contribution in [0.5, 0.6) is 5.75 Å². The second-order valence-electron chi connectivity index (χ2n) is 8.19. The number of hydrogen-bond donors (Lipinski definition) is 3. The summed E-state index contributed by atoms with van der Waals surface area (Å²) in [6.45, 7) is 5.85. The summed E-state index contributed by atoms with van der Waals surface area (Å²) in [6, 6.07) is 10.3. The van der Waals surface area contributed by atoms with Gasteiger partial charge in [-0.3, -0.25) is 9.59 Å². The highest BCUT2D eigenvalue weighted by Crippen LogP contribution is 2.43. The summed E-state index contributed by atoms with van der Waals surface area (Å²) >= 11 is 0. The number of hydrogen-bond acceptors (Lipinski definition) is 5. The maximum atomic E-state index is 13.3. The van der Waals surface area contributed by atoms with E-state index in [-0.39, 0.29) is 23.4 Å². The van der Waals surface area contributed by atoms with Crippen molar-refractivity contribution in [3.05, 3.63) is 76.3 Å². The van der Waals surface area contributed by atoms with Crippen LogP contribution in [0.25, 0.3) is 0 Å². The summed E-state index contributed by atoms with van der Waals surface area (Å²) in [5, 5.41) is 15.9. The number of nitrogens with zero attached hydrogens (tertiary/aromatic N) is 1. The maximum Gasteiger partial charge on any atom is 0.255 e. The number of aromatic hydroxyl groups is 1. The number of aromatic nitrogens is 1. The zero-order chi connectivity index (χ0) is 21.4. The van der Waals surface area contributed by atoms with Gasteiger partial charge < -0.3 is 15.7 Å². The van der Waals surface area contributed by atoms with Gasteiger partial charge in [-0.05, 0) is 55.5 Å². The van der Waals surface area contributed by atoms with E-state index in [0.717, 1.165) is 28.9 Å². The standard InChI is InChI=1S/C24H25N3O3/c1-13-4-9-20(25-12-13)27-24(30)21-15(3)26-18-10-14(2)11-19(29)23(18)22(21)16-5-7-17(28)8-6-16/h4-9,12,14,22,26,28H,10-11H2,1-3H3,(H,25,27,30)/t14-,22+/m0/s1. The van der Waals surface area contributed by atoms with E-state index >= 15 is 0 Å². The molecule has 0 saturated carbocycles. The summed E-state index contributed by atoms with van der Waals surface area (Å²) in [4.78, 5) is 30.6. The molecule has 0 fully saturated rings. The third-order valence-electron chi connectivity index (χ3n) is 5.66. The third-order valence-corrected chi connectivity index (χ3v) is 5.66. The second kappa shape index (κ2) is 7.78. The minimum absolute atomic E-state index is 0.0561. The van der Waals surface area contributed by atoms with Gasteiger partial charge in [0.1, 0.15) is 11.6 Å². The number of rotatable bonds is 3. The number of carbonyl (C=O) groups excluding carboxylic acids is 2. The smallest absolute Gasteiger partial charge is 0.255 e. The van der Waals surface area contributed by atoms with Gasteiger partial charge in [-0.1, -0.05) is 25.1 Å². The predicted octanol–water partition coefficient (Wildman–Crippen LogP) is 3.95. The van der Waals surface area contributed by atoms with Gasteiger partial charge in [-0.15, -0.1) is 0 Å². The number of dihydropyridines is 1. The molecule has 0 radical (unpaired) electrons. The number of benzene rings is 1. The Balaban J connectivity index is 1.78. The van der Waals surface area contributed by atoms with Gasteiger partial charge in [0.05, 0.1) is 0 Å². The van der Waals surface area contributed by atoms with E-state index in [1.807, 2.05) is 19.9 Å². The number of aryl methyl sites for hydroxylation is 1. The van der Waals surface area contributed by atoms with Gasteiger partial charge in [0.25, 0.3) is 5.91 Å². The summed E-state index contributed by atoms with van der Waals surface area (Å²) in [5.74, 6) is 0.115. The Morgan fingerprint density at radius 3 is 2.53 bits per heavy atom. The van der Waals surface area contributed by atoms with Crippen LogP contribution in [-0.4, -0.2) is 21.8 Å². The number of phenolic OH excluding ortho intramolecular Hbond substituents is 1. The highest BCUT2D eigenvalue weighted by atomic mass is 16.3. The Bertz CT molecular complexity index is 1070. The number of allylic oxidation sites excluding steroid dienone is 3. The first kappa shape index (κ1) is 19.9. The molecule has 1 aliphatic carbocycles. The van der Waals surface area contributed by atoms with Gasteiger partial charge in [0.2, 0.25) is 0 Å². The molecule has 1 aromatic carbocycles. The normalized spacial score (nSPS) is 21.2. The average molecular weight is 403 g/mol. The van der Waals surface area contributed by atoms with Crippen LogP contribution in [0.1, 0.15) is 43.7 Å². The van der Waals surface area contributed by atoms with E-state index < -0.39 is 5.92 Å². The molecule has 1 aromatic heterocycles. The minimum Gasteiger partial charge on any atom is -0.508 e. The zero-order valence-electron chi connectivity index (χ0n) is 17.3. The van der Waals surface area contributed by atoms with E-state index in [4.69, 9.17) is 0 Å². The lowest BCUT2D eigenvalue weighted by Crippen LogP contribution is -2.37. The molecule has 0 spiro atoms. The molecular formula is C24H25N3O3. The van der Waals surface area contributed by atoms with Gasteiger partial charge in [0.15, 0.2) is 5.78 Å². The van der Waals surface area contributed by atoms with E-state index in [9.17, 15) is 14.7 Å². The molecule has 2 aliphatic rings. The second-order valence-corrected chi connectivity index (χ2v) is 8.19. The molecule has 6 nitrogen and oxygen atoms in total. The van der Waals surface area contributed by atoms with Gasteiger partial charge in [-0.25, -0.2) is 4.98 Å². The monoisotopic (exact) mass is 403 g/mol. The van der Waals surface area contributed by atoms with E-state index in [0.29, 0.717) is 23.4 Å². The molecule has 2 atom stereocenters. The molecular weight excluding hydrogens is 378 g/mol. The third kappa shape index (κ3) is 3.73. The molecule has 0 saturated heterocycles. The zero-order valence-corrected chi connectivity index (χ0v) is 17.3. The van der Waals surface area contributed by atoms with Gasteiger partial charge in [-0.2, -0.15) is 0 Å². The van der Waals surface area contributed by atoms with Crippen LogP contribution >= 0.6 is 0 Å². The Hall–Kier alpha value is -3.41. The Morgan fingerprint density at radius 1 is 1.13 bits per heavy atom. The number of carbonyl (C=O) groups is 2. The lowest BCUT2D eigenvalue weighted by atomic mass is 9.73. The van der Waals surface area contributed by atoms with E-state index in [2.05, 4.69) is 22.5 Å². The molecule has 1 aliphatic heterocycles. The van der Waals surface area contributed by atoms with Crippen LogP contribution in [0.15, 0.2) is 65.1 Å². The highest BCUT2D eigenvalue weighted by Gasteiger charge is 2.39. The van der Waals surface area contributed by atoms with Crippen molar-refractivity contribution in [2.75, 3.05) is 5.32 Å². The topological polar surface area (TPSA) is 91.3 Å². The van der Waals surface area contributed by atoms with E-state index in [1.165, 1.54) is 0 Å². The Labute approximate surface area is 175 Å². The van der Waals surface area contributed by atoms with Crippen molar-refractivity contribution < 1.29 is 14.7 Å². The predicted molar refractivity (Wildman–Crippen MR) is 115 cm³/mol. The number of nitrogens with one attached hydrogen (secondary N) is 2. The highest BCUT2D eigenvalue weighted by molar-refractivity contribution is 6.09. The first-order valence-corrected chi connectivity index (χ1v) is 10.1. The van der Waals surface area contributed by atoms with Crippen molar-refractivity contribution in [1.29, 1.82) is 0 Å². The average Bonchev–Trinajstić information content (AvgIpc) is 2.69. The van der Waals surface area contributed by atoms with Crippen LogP contribution in [0.3, 0.4) is 0 Å². The largest absolute Gasteiger partial charge is 0.508 e. The summed E-state index contributed by atoms with van der Waals surface area (Å²) in [7, 11) is 0. The molecule has 3 N–H and O–H groups in total. The van der Waals surface area contributed by atoms with Crippen molar-refractivity contribution in [2.24, 2.45) is 5.92 Å². The van der Waals surface area contributed by atoms with Crippen molar-refractivity contribution in [1.82, 2.24) is 10.3 Å². The molecule has 154 valence electrons. The minimum atomic E-state index is -0.493. The maximum absolute atomic E-state index is 13.3. The number of amides is 1. The quantitative estimate of drug-likeness (QED) is 0.722. The molecule has 30 heavy (non-hydrogen) atoms. The van der Waals surface area contributed by atoms with Crippen LogP contribution in [0.2, 0.25) is 0 Å². The van der Waals surface area contributed by atoms with Gasteiger partial charge in [0, 0.05) is 41.1 Å². The lowest BCUT2D eigenvalue weighted by molar-refractivity contribution is -0.117. The van der Waals surface area contributed by atoms with Crippen LogP contribution < -0.4 is 10.6 Å². The number of pyridine rings is 1. The van der Waals surface area contributed by atoms with E-state index in [1.54, 1.807) is 36.5 Å². The molecule has 2 aromatic rings. The first-order chi connectivity index (χ1) is 14.3. The summed E-state index contributed by atoms with van der Waals surface area (Å²) in [5.41, 5.74) is 4.54.